The third-order valence-electron chi connectivity index (χ3n) is 6.93. The van der Waals surface area contributed by atoms with E-state index in [1.54, 1.807) is 16.2 Å². The van der Waals surface area contributed by atoms with Gasteiger partial charge in [0, 0.05) is 11.7 Å². The Morgan fingerprint density at radius 3 is 2.65 bits per heavy atom. The normalized spacial score (nSPS) is 22.0. The second-order valence-corrected chi connectivity index (χ2v) is 10.2. The topological polar surface area (TPSA) is 54.3 Å². The first-order chi connectivity index (χ1) is 14.9. The smallest absolute Gasteiger partial charge is 0.275 e. The van der Waals surface area contributed by atoms with Gasteiger partial charge in [-0.1, -0.05) is 37.0 Å². The zero-order valence-electron chi connectivity index (χ0n) is 18.4. The molecule has 0 saturated heterocycles. The summed E-state index contributed by atoms with van der Waals surface area (Å²) in [7, 11) is 0. The van der Waals surface area contributed by atoms with Crippen LogP contribution in [0.15, 0.2) is 35.7 Å². The molecule has 1 fully saturated rings. The van der Waals surface area contributed by atoms with Crippen LogP contribution in [0, 0.1) is 13.8 Å². The van der Waals surface area contributed by atoms with Crippen molar-refractivity contribution in [2.75, 3.05) is 4.90 Å². The Morgan fingerprint density at radius 1 is 1.13 bits per heavy atom. The molecule has 1 aliphatic carbocycles. The van der Waals surface area contributed by atoms with E-state index < -0.39 is 5.54 Å². The molecule has 5 rings (SSSR count). The number of fused-ring (bicyclic) bond motifs is 3. The summed E-state index contributed by atoms with van der Waals surface area (Å²) in [6, 6.07) is 10.3. The highest BCUT2D eigenvalue weighted by Gasteiger charge is 2.49. The molecule has 3 aromatic rings. The van der Waals surface area contributed by atoms with E-state index in [9.17, 15) is 9.59 Å². The number of benzene rings is 1. The molecule has 1 atom stereocenters. The van der Waals surface area contributed by atoms with Crippen molar-refractivity contribution >= 4 is 39.1 Å². The number of hydrogen-bond donors (Lipinski definition) is 1. The van der Waals surface area contributed by atoms with Crippen molar-refractivity contribution in [2.45, 2.75) is 71.0 Å². The summed E-state index contributed by atoms with van der Waals surface area (Å²) in [4.78, 5) is 29.4. The Labute approximate surface area is 187 Å². The summed E-state index contributed by atoms with van der Waals surface area (Å²) >= 11 is 1.63. The van der Waals surface area contributed by atoms with E-state index in [1.807, 2.05) is 55.0 Å². The highest BCUT2D eigenvalue weighted by molar-refractivity contribution is 7.17. The van der Waals surface area contributed by atoms with Crippen LogP contribution in [-0.2, 0) is 11.3 Å². The molecule has 1 saturated carbocycles. The Bertz CT molecular complexity index is 1170. The number of hydrogen-bond acceptors (Lipinski definition) is 3. The van der Waals surface area contributed by atoms with Gasteiger partial charge in [0.05, 0.1) is 16.8 Å². The van der Waals surface area contributed by atoms with Crippen LogP contribution in [0.25, 0.3) is 10.2 Å². The quantitative estimate of drug-likeness (QED) is 0.616. The van der Waals surface area contributed by atoms with Gasteiger partial charge in [-0.15, -0.1) is 11.3 Å². The van der Waals surface area contributed by atoms with Gasteiger partial charge in [-0.2, -0.15) is 0 Å². The molecule has 0 bridgehead atoms. The summed E-state index contributed by atoms with van der Waals surface area (Å²) in [6.07, 6.45) is 5.57. The molecule has 1 unspecified atom stereocenters. The van der Waals surface area contributed by atoms with Crippen molar-refractivity contribution in [3.63, 3.8) is 0 Å². The summed E-state index contributed by atoms with van der Waals surface area (Å²) in [6.45, 7) is 6.42. The summed E-state index contributed by atoms with van der Waals surface area (Å²) in [5, 5.41) is 5.34. The van der Waals surface area contributed by atoms with Gasteiger partial charge in [-0.25, -0.2) is 0 Å². The van der Waals surface area contributed by atoms with E-state index in [-0.39, 0.29) is 17.9 Å². The van der Waals surface area contributed by atoms with Crippen molar-refractivity contribution in [1.82, 2.24) is 9.88 Å². The fraction of sp³-hybridized carbons (Fsp3) is 0.440. The predicted molar refractivity (Wildman–Crippen MR) is 126 cm³/mol. The fourth-order valence-corrected chi connectivity index (χ4v) is 6.06. The number of aryl methyl sites for hydroxylation is 2. The van der Waals surface area contributed by atoms with Crippen LogP contribution in [0.4, 0.5) is 5.69 Å². The van der Waals surface area contributed by atoms with Crippen molar-refractivity contribution in [1.29, 1.82) is 0 Å². The fourth-order valence-electron chi connectivity index (χ4n) is 5.23. The van der Waals surface area contributed by atoms with Crippen LogP contribution in [0.5, 0.6) is 0 Å². The lowest BCUT2D eigenvalue weighted by atomic mass is 9.90. The van der Waals surface area contributed by atoms with Crippen LogP contribution < -0.4 is 10.2 Å². The molecular formula is C25H29N3O2S. The minimum Gasteiger partial charge on any atom is -0.351 e. The lowest BCUT2D eigenvalue weighted by Crippen LogP contribution is -2.65. The molecule has 162 valence electrons. The van der Waals surface area contributed by atoms with E-state index >= 15 is 0 Å². The van der Waals surface area contributed by atoms with E-state index in [1.165, 1.54) is 6.42 Å². The Kier molecular flexibility index (Phi) is 4.93. The van der Waals surface area contributed by atoms with Gasteiger partial charge in [0.15, 0.2) is 0 Å². The first-order valence-corrected chi connectivity index (χ1v) is 12.1. The van der Waals surface area contributed by atoms with Crippen LogP contribution in [0.1, 0.15) is 60.6 Å². The number of nitrogens with zero attached hydrogens (tertiary/aromatic N) is 2. The lowest BCUT2D eigenvalue weighted by molar-refractivity contribution is -0.127. The molecule has 1 aliphatic heterocycles. The van der Waals surface area contributed by atoms with Gasteiger partial charge in [0.1, 0.15) is 11.2 Å². The number of amides is 2. The maximum absolute atomic E-state index is 13.9. The van der Waals surface area contributed by atoms with Crippen LogP contribution in [0.3, 0.4) is 0 Å². The van der Waals surface area contributed by atoms with E-state index in [4.69, 9.17) is 0 Å². The van der Waals surface area contributed by atoms with Crippen LogP contribution in [0.2, 0.25) is 0 Å². The predicted octanol–water partition coefficient (Wildman–Crippen LogP) is 5.19. The average molecular weight is 436 g/mol. The Morgan fingerprint density at radius 2 is 1.90 bits per heavy atom. The molecule has 2 aromatic heterocycles. The molecule has 6 heteroatoms. The third kappa shape index (κ3) is 3.28. The number of aromatic nitrogens is 1. The molecule has 1 aromatic carbocycles. The zero-order valence-corrected chi connectivity index (χ0v) is 19.2. The molecule has 0 radical (unpaired) electrons. The monoisotopic (exact) mass is 435 g/mol. The van der Waals surface area contributed by atoms with Gasteiger partial charge in [-0.05, 0) is 62.8 Å². The van der Waals surface area contributed by atoms with Crippen molar-refractivity contribution in [3.8, 4) is 0 Å². The lowest BCUT2D eigenvalue weighted by Gasteiger charge is -2.45. The van der Waals surface area contributed by atoms with Gasteiger partial charge in [0.25, 0.3) is 5.91 Å². The van der Waals surface area contributed by atoms with Gasteiger partial charge in [-0.3, -0.25) is 14.5 Å². The number of carbonyl (C=O) groups excluding carboxylic acids is 2. The molecule has 2 aliphatic rings. The van der Waals surface area contributed by atoms with Crippen LogP contribution in [-0.4, -0.2) is 28.0 Å². The van der Waals surface area contributed by atoms with Gasteiger partial charge >= 0.3 is 0 Å². The van der Waals surface area contributed by atoms with Crippen LogP contribution >= 0.6 is 11.3 Å². The summed E-state index contributed by atoms with van der Waals surface area (Å²) in [5.41, 5.74) is 3.65. The molecule has 5 nitrogen and oxygen atoms in total. The van der Waals surface area contributed by atoms with Gasteiger partial charge in [0.2, 0.25) is 5.91 Å². The zero-order chi connectivity index (χ0) is 21.8. The largest absolute Gasteiger partial charge is 0.351 e. The number of thiophene rings is 1. The maximum atomic E-state index is 13.9. The molecular weight excluding hydrogens is 406 g/mol. The minimum atomic E-state index is -1.00. The molecule has 3 heterocycles. The standard InChI is InChI=1S/C25H29N3O2S/c1-16-9-10-19(17(2)13-16)28-23(29)21-14-22-20(11-12-31-22)27(21)15-25(28,3)24(30)26-18-7-5-4-6-8-18/h9-14,18H,4-8,15H2,1-3H3,(H,26,30). The van der Waals surface area contributed by atoms with Crippen molar-refractivity contribution < 1.29 is 9.59 Å². The molecule has 1 N–H and O–H groups in total. The number of anilines is 1. The van der Waals surface area contributed by atoms with E-state index in [2.05, 4.69) is 11.4 Å². The van der Waals surface area contributed by atoms with Gasteiger partial charge < -0.3 is 9.88 Å². The maximum Gasteiger partial charge on any atom is 0.275 e. The third-order valence-corrected chi connectivity index (χ3v) is 7.78. The summed E-state index contributed by atoms with van der Waals surface area (Å²) < 4.78 is 3.12. The number of rotatable bonds is 3. The first kappa shape index (κ1) is 20.3. The molecule has 0 spiro atoms. The average Bonchev–Trinajstić information content (AvgIpc) is 3.33. The van der Waals surface area contributed by atoms with E-state index in [0.29, 0.717) is 12.2 Å². The second kappa shape index (κ2) is 7.52. The first-order valence-electron chi connectivity index (χ1n) is 11.2. The molecule has 2 amide bonds. The Balaban J connectivity index is 1.62. The van der Waals surface area contributed by atoms with Crippen molar-refractivity contribution in [2.24, 2.45) is 0 Å². The SMILES string of the molecule is Cc1ccc(N2C(=O)c3cc4sccc4n3CC2(C)C(=O)NC2CCCCC2)c(C)c1. The number of nitrogens with one attached hydrogen (secondary N) is 1. The number of carbonyl (C=O) groups is 2. The Hall–Kier alpha value is -2.60. The highest BCUT2D eigenvalue weighted by atomic mass is 32.1. The minimum absolute atomic E-state index is 0.0598. The molecule has 31 heavy (non-hydrogen) atoms. The van der Waals surface area contributed by atoms with E-state index in [0.717, 1.165) is 52.7 Å². The second-order valence-electron chi connectivity index (χ2n) is 9.30. The van der Waals surface area contributed by atoms with Crippen molar-refractivity contribution in [3.05, 3.63) is 52.5 Å². The highest BCUT2D eigenvalue weighted by Crippen LogP contribution is 2.38. The summed E-state index contributed by atoms with van der Waals surface area (Å²) in [5.74, 6) is -0.168.